The first-order valence-electron chi connectivity index (χ1n) is 12.7. The Morgan fingerprint density at radius 2 is 1.85 bits per heavy atom. The second kappa shape index (κ2) is 11.6. The molecule has 0 spiro atoms. The molecule has 0 aliphatic carbocycles. The van der Waals surface area contributed by atoms with Gasteiger partial charge in [0.2, 0.25) is 5.95 Å². The molecule has 1 amide bonds. The molecule has 40 heavy (non-hydrogen) atoms. The van der Waals surface area contributed by atoms with Crippen molar-refractivity contribution in [2.75, 3.05) is 17.2 Å². The molecule has 4 aromatic rings. The van der Waals surface area contributed by atoms with Crippen LogP contribution >= 0.6 is 23.2 Å². The number of nitrogens with zero attached hydrogens (tertiary/aromatic N) is 4. The molecule has 0 saturated carbocycles. The Morgan fingerprint density at radius 3 is 2.60 bits per heavy atom. The number of carbonyl (C=O) groups excluding carboxylic acids is 1. The maximum absolute atomic E-state index is 13.8. The topological polar surface area (TPSA) is 103 Å². The van der Waals surface area contributed by atoms with Crippen molar-refractivity contribution in [1.82, 2.24) is 20.2 Å². The molecule has 0 bridgehead atoms. The highest BCUT2D eigenvalue weighted by Gasteiger charge is 2.34. The minimum atomic E-state index is -0.615. The van der Waals surface area contributed by atoms with Crippen molar-refractivity contribution in [3.05, 3.63) is 98.2 Å². The maximum Gasteiger partial charge on any atom is 0.255 e. The van der Waals surface area contributed by atoms with E-state index in [1.807, 2.05) is 70.2 Å². The van der Waals surface area contributed by atoms with Gasteiger partial charge in [0, 0.05) is 27.0 Å². The summed E-state index contributed by atoms with van der Waals surface area (Å²) in [6.45, 7) is 8.34. The Bertz CT molecular complexity index is 1620. The van der Waals surface area contributed by atoms with Gasteiger partial charge in [0.15, 0.2) is 11.5 Å². The van der Waals surface area contributed by atoms with Gasteiger partial charge in [-0.05, 0) is 79.6 Å². The first-order chi connectivity index (χ1) is 19.2. The molecular weight excluding hydrogens is 551 g/mol. The quantitative estimate of drug-likeness (QED) is 0.246. The van der Waals surface area contributed by atoms with Crippen LogP contribution in [-0.4, -0.2) is 32.7 Å². The summed E-state index contributed by atoms with van der Waals surface area (Å²) in [6.07, 6.45) is 0. The Hall–Kier alpha value is -4.08. The number of benzene rings is 3. The predicted octanol–water partition coefficient (Wildman–Crippen LogP) is 6.50. The van der Waals surface area contributed by atoms with Gasteiger partial charge in [-0.3, -0.25) is 4.79 Å². The first-order valence-corrected chi connectivity index (χ1v) is 13.5. The lowest BCUT2D eigenvalue weighted by molar-refractivity contribution is -0.113. The van der Waals surface area contributed by atoms with Gasteiger partial charge in [0.1, 0.15) is 12.6 Å². The zero-order valence-electron chi connectivity index (χ0n) is 22.5. The van der Waals surface area contributed by atoms with E-state index in [0.717, 1.165) is 27.9 Å². The fourth-order valence-electron chi connectivity index (χ4n) is 4.63. The third kappa shape index (κ3) is 5.61. The Balaban J connectivity index is 1.49. The largest absolute Gasteiger partial charge is 0.490 e. The van der Waals surface area contributed by atoms with Gasteiger partial charge in [0.25, 0.3) is 5.91 Å². The fraction of sp³-hybridized carbons (Fsp3) is 0.241. The number of halogens is 2. The molecule has 3 aromatic carbocycles. The molecule has 2 heterocycles. The van der Waals surface area contributed by atoms with E-state index in [4.69, 9.17) is 32.7 Å². The molecule has 9 nitrogen and oxygen atoms in total. The summed E-state index contributed by atoms with van der Waals surface area (Å²) in [5.41, 5.74) is 5.48. The fourth-order valence-corrected chi connectivity index (χ4v) is 5.10. The number of tetrazole rings is 1. The van der Waals surface area contributed by atoms with Crippen LogP contribution in [0.5, 0.6) is 11.5 Å². The smallest absolute Gasteiger partial charge is 0.255 e. The highest BCUT2D eigenvalue weighted by Crippen LogP contribution is 2.39. The van der Waals surface area contributed by atoms with Gasteiger partial charge in [0.05, 0.1) is 12.2 Å². The number of ether oxygens (including phenoxy) is 2. The molecule has 5 rings (SSSR count). The monoisotopic (exact) mass is 578 g/mol. The van der Waals surface area contributed by atoms with E-state index in [1.54, 1.807) is 16.8 Å². The second-order valence-electron chi connectivity index (χ2n) is 9.45. The third-order valence-electron chi connectivity index (χ3n) is 6.57. The number of aromatic nitrogens is 4. The SMILES string of the molecule is CCOc1cc(C2C(C(=O)Nc3ccc(C)cc3C)=C(C)Nc3nnnn32)ccc1OCc1ccc(Cl)cc1Cl. The Morgan fingerprint density at radius 1 is 1.02 bits per heavy atom. The number of hydrogen-bond donors (Lipinski definition) is 2. The van der Waals surface area contributed by atoms with Crippen LogP contribution in [0, 0.1) is 13.8 Å². The number of carbonyl (C=O) groups is 1. The number of hydrogen-bond acceptors (Lipinski definition) is 7. The molecule has 206 valence electrons. The van der Waals surface area contributed by atoms with Gasteiger partial charge < -0.3 is 20.1 Å². The maximum atomic E-state index is 13.8. The number of aryl methyl sites for hydroxylation is 2. The normalized spacial score (nSPS) is 14.4. The van der Waals surface area contributed by atoms with Crippen LogP contribution < -0.4 is 20.1 Å². The molecule has 1 unspecified atom stereocenters. The van der Waals surface area contributed by atoms with Gasteiger partial charge in [-0.2, -0.15) is 4.68 Å². The van der Waals surface area contributed by atoms with Gasteiger partial charge >= 0.3 is 0 Å². The average Bonchev–Trinajstić information content (AvgIpc) is 3.37. The lowest BCUT2D eigenvalue weighted by atomic mass is 9.94. The number of anilines is 2. The number of allylic oxidation sites excluding steroid dienone is 1. The zero-order chi connectivity index (χ0) is 28.4. The minimum absolute atomic E-state index is 0.225. The molecule has 0 saturated heterocycles. The summed E-state index contributed by atoms with van der Waals surface area (Å²) in [5, 5.41) is 19.4. The Labute approximate surface area is 242 Å². The predicted molar refractivity (Wildman–Crippen MR) is 155 cm³/mol. The lowest BCUT2D eigenvalue weighted by Crippen LogP contribution is -2.31. The molecule has 11 heteroatoms. The van der Waals surface area contributed by atoms with Crippen molar-refractivity contribution in [3.8, 4) is 11.5 Å². The van der Waals surface area contributed by atoms with E-state index >= 15 is 0 Å². The van der Waals surface area contributed by atoms with Crippen molar-refractivity contribution in [3.63, 3.8) is 0 Å². The van der Waals surface area contributed by atoms with Crippen LogP contribution in [0.2, 0.25) is 10.0 Å². The second-order valence-corrected chi connectivity index (χ2v) is 10.3. The molecule has 1 aromatic heterocycles. The first kappa shape index (κ1) is 27.5. The lowest BCUT2D eigenvalue weighted by Gasteiger charge is -2.28. The van der Waals surface area contributed by atoms with E-state index in [9.17, 15) is 4.79 Å². The third-order valence-corrected chi connectivity index (χ3v) is 7.16. The summed E-state index contributed by atoms with van der Waals surface area (Å²) in [7, 11) is 0. The summed E-state index contributed by atoms with van der Waals surface area (Å²) in [6, 6.07) is 16.1. The standard InChI is InChI=1S/C29H28Cl2N6O3/c1-5-39-25-13-19(8-11-24(25)40-15-20-7-9-21(30)14-22(20)31)27-26(18(4)32-29-34-35-36-37(27)29)28(38)33-23-10-6-16(2)12-17(23)3/h6-14,27H,5,15H2,1-4H3,(H,33,38)(H,32,34,36). The molecule has 0 fully saturated rings. The van der Waals surface area contributed by atoms with E-state index in [1.165, 1.54) is 0 Å². The highest BCUT2D eigenvalue weighted by atomic mass is 35.5. The van der Waals surface area contributed by atoms with Crippen molar-refractivity contribution < 1.29 is 14.3 Å². The number of amides is 1. The molecule has 1 atom stereocenters. The molecule has 1 aliphatic heterocycles. The molecule has 2 N–H and O–H groups in total. The van der Waals surface area contributed by atoms with E-state index in [-0.39, 0.29) is 12.5 Å². The minimum Gasteiger partial charge on any atom is -0.490 e. The van der Waals surface area contributed by atoms with E-state index in [2.05, 4.69) is 26.2 Å². The van der Waals surface area contributed by atoms with Crippen molar-refractivity contribution in [2.45, 2.75) is 40.3 Å². The van der Waals surface area contributed by atoms with E-state index < -0.39 is 6.04 Å². The van der Waals surface area contributed by atoms with Crippen molar-refractivity contribution in [1.29, 1.82) is 0 Å². The summed E-state index contributed by atoms with van der Waals surface area (Å²) in [4.78, 5) is 13.8. The number of nitrogens with one attached hydrogen (secondary N) is 2. The van der Waals surface area contributed by atoms with Gasteiger partial charge in [-0.25, -0.2) is 0 Å². The number of fused-ring (bicyclic) bond motifs is 1. The highest BCUT2D eigenvalue weighted by molar-refractivity contribution is 6.35. The summed E-state index contributed by atoms with van der Waals surface area (Å²) < 4.78 is 13.6. The van der Waals surface area contributed by atoms with E-state index in [0.29, 0.717) is 45.4 Å². The Kier molecular flexibility index (Phi) is 7.95. The van der Waals surface area contributed by atoms with Crippen LogP contribution in [0.1, 0.15) is 42.1 Å². The molecular formula is C29H28Cl2N6O3. The van der Waals surface area contributed by atoms with Crippen LogP contribution in [0.3, 0.4) is 0 Å². The van der Waals surface area contributed by atoms with Crippen LogP contribution in [0.25, 0.3) is 0 Å². The number of rotatable bonds is 8. The molecule has 1 aliphatic rings. The average molecular weight is 579 g/mol. The van der Waals surface area contributed by atoms with Crippen molar-refractivity contribution >= 4 is 40.7 Å². The summed E-state index contributed by atoms with van der Waals surface area (Å²) in [5.74, 6) is 1.22. The van der Waals surface area contributed by atoms with Crippen molar-refractivity contribution in [2.24, 2.45) is 0 Å². The summed E-state index contributed by atoms with van der Waals surface area (Å²) >= 11 is 12.4. The molecule has 0 radical (unpaired) electrons. The zero-order valence-corrected chi connectivity index (χ0v) is 24.0. The van der Waals surface area contributed by atoms with Gasteiger partial charge in [-0.15, -0.1) is 0 Å². The van der Waals surface area contributed by atoms with Gasteiger partial charge in [-0.1, -0.05) is 58.1 Å². The van der Waals surface area contributed by atoms with Crippen LogP contribution in [0.4, 0.5) is 11.6 Å². The van der Waals surface area contributed by atoms with Crippen LogP contribution in [0.15, 0.2) is 65.9 Å². The van der Waals surface area contributed by atoms with Crippen LogP contribution in [-0.2, 0) is 11.4 Å².